The first kappa shape index (κ1) is 28.1. The van der Waals surface area contributed by atoms with Crippen LogP contribution >= 0.6 is 24.0 Å². The van der Waals surface area contributed by atoms with E-state index in [1.54, 1.807) is 12.1 Å². The van der Waals surface area contributed by atoms with Crippen molar-refractivity contribution in [1.29, 1.82) is 0 Å². The molecule has 0 bridgehead atoms. The molecular weight excluding hydrogens is 509 g/mol. The Hall–Kier alpha value is -1.85. The summed E-state index contributed by atoms with van der Waals surface area (Å²) in [6, 6.07) is 4.83. The van der Waals surface area contributed by atoms with E-state index in [1.807, 2.05) is 27.7 Å². The molecule has 10 heteroatoms. The number of nitrogens with zero attached hydrogens (tertiary/aromatic N) is 1. The lowest BCUT2D eigenvalue weighted by molar-refractivity contribution is -0.123. The van der Waals surface area contributed by atoms with Crippen molar-refractivity contribution >= 4 is 35.8 Å². The number of halogens is 3. The SMILES string of the molecule is CCCOc1ccc(CN=C(NCC)NCCNC(=O)C(C)C)c(OC(F)F)c1.I. The number of aliphatic imine (C=N–C) groups is 1. The van der Waals surface area contributed by atoms with Gasteiger partial charge in [0.15, 0.2) is 5.96 Å². The van der Waals surface area contributed by atoms with Crippen molar-refractivity contribution in [2.24, 2.45) is 10.9 Å². The van der Waals surface area contributed by atoms with Gasteiger partial charge in [0.25, 0.3) is 0 Å². The number of benzene rings is 1. The predicted molar refractivity (Wildman–Crippen MR) is 125 cm³/mol. The fourth-order valence-corrected chi connectivity index (χ4v) is 2.26. The van der Waals surface area contributed by atoms with Crippen LogP contribution in [-0.4, -0.2) is 44.7 Å². The van der Waals surface area contributed by atoms with Gasteiger partial charge in [-0.05, 0) is 25.5 Å². The fraction of sp³-hybridized carbons (Fsp3) is 0.600. The van der Waals surface area contributed by atoms with Crippen LogP contribution in [0.25, 0.3) is 0 Å². The third kappa shape index (κ3) is 11.4. The zero-order chi connectivity index (χ0) is 21.6. The number of alkyl halides is 2. The van der Waals surface area contributed by atoms with E-state index >= 15 is 0 Å². The van der Waals surface area contributed by atoms with Crippen LogP contribution in [-0.2, 0) is 11.3 Å². The van der Waals surface area contributed by atoms with Crippen LogP contribution in [0.2, 0.25) is 0 Å². The van der Waals surface area contributed by atoms with Crippen molar-refractivity contribution in [2.45, 2.75) is 47.3 Å². The summed E-state index contributed by atoms with van der Waals surface area (Å²) in [4.78, 5) is 16.0. The summed E-state index contributed by atoms with van der Waals surface area (Å²) in [6.45, 7) is 6.80. The van der Waals surface area contributed by atoms with Gasteiger partial charge < -0.3 is 25.4 Å². The molecule has 3 N–H and O–H groups in total. The van der Waals surface area contributed by atoms with Gasteiger partial charge in [-0.15, -0.1) is 24.0 Å². The Labute approximate surface area is 194 Å². The fourth-order valence-electron chi connectivity index (χ4n) is 2.26. The Balaban J connectivity index is 0.00000841. The first-order chi connectivity index (χ1) is 13.9. The summed E-state index contributed by atoms with van der Waals surface area (Å²) in [5, 5.41) is 8.98. The average Bonchev–Trinajstić information content (AvgIpc) is 2.67. The minimum Gasteiger partial charge on any atom is -0.493 e. The summed E-state index contributed by atoms with van der Waals surface area (Å²) in [7, 11) is 0. The Morgan fingerprint density at radius 1 is 1.13 bits per heavy atom. The zero-order valence-corrected chi connectivity index (χ0v) is 20.3. The van der Waals surface area contributed by atoms with E-state index in [1.165, 1.54) is 6.07 Å². The highest BCUT2D eigenvalue weighted by Gasteiger charge is 2.12. The van der Waals surface area contributed by atoms with Gasteiger partial charge in [0.1, 0.15) is 11.5 Å². The van der Waals surface area contributed by atoms with E-state index in [-0.39, 0.29) is 48.1 Å². The topological polar surface area (TPSA) is 84.0 Å². The Morgan fingerprint density at radius 3 is 2.43 bits per heavy atom. The number of rotatable bonds is 12. The largest absolute Gasteiger partial charge is 0.493 e. The molecule has 0 spiro atoms. The molecular formula is C20H33F2IN4O3. The number of amides is 1. The zero-order valence-electron chi connectivity index (χ0n) is 18.0. The smallest absolute Gasteiger partial charge is 0.387 e. The second-order valence-electron chi connectivity index (χ2n) is 6.56. The van der Waals surface area contributed by atoms with E-state index in [9.17, 15) is 13.6 Å². The molecule has 0 saturated heterocycles. The quantitative estimate of drug-likeness (QED) is 0.163. The highest BCUT2D eigenvalue weighted by Crippen LogP contribution is 2.27. The minimum absolute atomic E-state index is 0. The second-order valence-corrected chi connectivity index (χ2v) is 6.56. The van der Waals surface area contributed by atoms with Crippen LogP contribution in [0.3, 0.4) is 0 Å². The first-order valence-corrected chi connectivity index (χ1v) is 9.87. The number of hydrogen-bond donors (Lipinski definition) is 3. The van der Waals surface area contributed by atoms with Gasteiger partial charge in [-0.3, -0.25) is 4.79 Å². The number of guanidine groups is 1. The van der Waals surface area contributed by atoms with Crippen LogP contribution in [0.1, 0.15) is 39.7 Å². The van der Waals surface area contributed by atoms with Crippen LogP contribution in [0.15, 0.2) is 23.2 Å². The maximum atomic E-state index is 12.8. The number of carbonyl (C=O) groups excluding carboxylic acids is 1. The summed E-state index contributed by atoms with van der Waals surface area (Å²) in [6.07, 6.45) is 0.812. The molecule has 0 unspecified atom stereocenters. The van der Waals surface area contributed by atoms with Crippen LogP contribution in [0.5, 0.6) is 11.5 Å². The molecule has 1 amide bonds. The predicted octanol–water partition coefficient (Wildman–Crippen LogP) is 3.52. The van der Waals surface area contributed by atoms with Crippen LogP contribution < -0.4 is 25.4 Å². The lowest BCUT2D eigenvalue weighted by Crippen LogP contribution is -2.42. The van der Waals surface area contributed by atoms with Gasteiger partial charge in [-0.1, -0.05) is 20.8 Å². The van der Waals surface area contributed by atoms with Crippen molar-refractivity contribution in [3.8, 4) is 11.5 Å². The minimum atomic E-state index is -2.94. The highest BCUT2D eigenvalue weighted by atomic mass is 127. The van der Waals surface area contributed by atoms with Crippen LogP contribution in [0, 0.1) is 5.92 Å². The molecule has 1 rings (SSSR count). The van der Waals surface area contributed by atoms with E-state index in [0.29, 0.717) is 43.5 Å². The molecule has 0 aromatic heterocycles. The molecule has 0 aliphatic rings. The van der Waals surface area contributed by atoms with E-state index in [0.717, 1.165) is 6.42 Å². The van der Waals surface area contributed by atoms with Crippen LogP contribution in [0.4, 0.5) is 8.78 Å². The van der Waals surface area contributed by atoms with Crippen molar-refractivity contribution in [1.82, 2.24) is 16.0 Å². The maximum absolute atomic E-state index is 12.8. The molecule has 172 valence electrons. The van der Waals surface area contributed by atoms with Gasteiger partial charge >= 0.3 is 6.61 Å². The third-order valence-corrected chi connectivity index (χ3v) is 3.72. The van der Waals surface area contributed by atoms with Gasteiger partial charge in [0.05, 0.1) is 13.2 Å². The van der Waals surface area contributed by atoms with Gasteiger partial charge in [-0.2, -0.15) is 8.78 Å². The van der Waals surface area contributed by atoms with Crippen molar-refractivity contribution in [3.05, 3.63) is 23.8 Å². The molecule has 1 aromatic rings. The van der Waals surface area contributed by atoms with Crippen molar-refractivity contribution in [3.63, 3.8) is 0 Å². The lowest BCUT2D eigenvalue weighted by Gasteiger charge is -2.14. The van der Waals surface area contributed by atoms with Gasteiger partial charge in [0.2, 0.25) is 5.91 Å². The number of carbonyl (C=O) groups is 1. The Morgan fingerprint density at radius 2 is 1.83 bits per heavy atom. The molecule has 1 aromatic carbocycles. The molecule has 0 heterocycles. The number of nitrogens with one attached hydrogen (secondary N) is 3. The van der Waals surface area contributed by atoms with Gasteiger partial charge in [-0.25, -0.2) is 4.99 Å². The molecule has 0 aliphatic heterocycles. The Bertz CT molecular complexity index is 661. The third-order valence-electron chi connectivity index (χ3n) is 3.72. The average molecular weight is 542 g/mol. The molecule has 0 radical (unpaired) electrons. The van der Waals surface area contributed by atoms with E-state index in [4.69, 9.17) is 4.74 Å². The summed E-state index contributed by atoms with van der Waals surface area (Å²) < 4.78 is 35.7. The normalized spacial score (nSPS) is 11.1. The molecule has 0 fully saturated rings. The summed E-state index contributed by atoms with van der Waals surface area (Å²) >= 11 is 0. The molecule has 0 saturated carbocycles. The number of hydrogen-bond acceptors (Lipinski definition) is 4. The maximum Gasteiger partial charge on any atom is 0.387 e. The van der Waals surface area contributed by atoms with Gasteiger partial charge in [0, 0.05) is 37.2 Å². The standard InChI is InChI=1S/C20H32F2N4O3.HI/c1-5-11-28-16-8-7-15(17(12-16)29-19(21)22)13-26-20(23-6-2)25-10-9-24-18(27)14(3)4;/h7-8,12,14,19H,5-6,9-11,13H2,1-4H3,(H,24,27)(H2,23,25,26);1H. The highest BCUT2D eigenvalue weighted by molar-refractivity contribution is 14.0. The lowest BCUT2D eigenvalue weighted by atomic mass is 10.2. The van der Waals surface area contributed by atoms with Crippen molar-refractivity contribution < 1.29 is 23.0 Å². The van der Waals surface area contributed by atoms with E-state index in [2.05, 4.69) is 25.7 Å². The summed E-state index contributed by atoms with van der Waals surface area (Å²) in [5.74, 6) is 0.932. The van der Waals surface area contributed by atoms with Crippen molar-refractivity contribution in [2.75, 3.05) is 26.2 Å². The monoisotopic (exact) mass is 542 g/mol. The second kappa shape index (κ2) is 15.9. The molecule has 0 aliphatic carbocycles. The Kier molecular flexibility index (Phi) is 14.9. The van der Waals surface area contributed by atoms with E-state index < -0.39 is 6.61 Å². The number of ether oxygens (including phenoxy) is 2. The molecule has 30 heavy (non-hydrogen) atoms. The molecule has 0 atom stereocenters. The molecule has 7 nitrogen and oxygen atoms in total. The first-order valence-electron chi connectivity index (χ1n) is 9.87. The summed E-state index contributed by atoms with van der Waals surface area (Å²) in [5.41, 5.74) is 0.513.